The first-order chi connectivity index (χ1) is 35.0. The summed E-state index contributed by atoms with van der Waals surface area (Å²) in [5, 5.41) is 23.5. The molecule has 410 valence electrons. The summed E-state index contributed by atoms with van der Waals surface area (Å²) >= 11 is 6.09. The van der Waals surface area contributed by atoms with Crippen molar-refractivity contribution in [2.45, 2.75) is 50.1 Å². The number of nitrogens with one attached hydrogen (secondary N) is 4. The molecular weight excluding hydrogens is 1070 g/mol. The standard InChI is InChI=1S/C32H40N6O4S2.C10H14N4S2.C9H13NO2.CH4.2ClH/c1-39-27-11-9-23(29(13-27)41-3)15-37-19-33-31(34-20-37)43-17-25-7-5-6-8-26(25)18-44-32-35-21-38(22-36-32)16-24-10-12-28(40-2)14-30(24)42-4;11-9(12)15-5-7-3-1-2-4-8(7)6-16-10(13)14;1-11-8-4-3-7(6-10)9(5-8)12-2;;;/h5-14H,15-22H2,1-4H3,(H,33,34)(H,35,36);1-4H,5-6H2,(H3,11,12)(H3,13,14);3-5H,6,10H2,1-2H3;1H4;2*1H. The van der Waals surface area contributed by atoms with Crippen LogP contribution in [0.2, 0.25) is 0 Å². The van der Waals surface area contributed by atoms with E-state index in [9.17, 15) is 0 Å². The molecule has 5 aromatic rings. The number of aliphatic imine (C=N–C) groups is 2. The molecule has 0 unspecified atom stereocenters. The van der Waals surface area contributed by atoms with Crippen LogP contribution in [0.5, 0.6) is 34.5 Å². The molecule has 0 saturated carbocycles. The van der Waals surface area contributed by atoms with Crippen LogP contribution in [0.25, 0.3) is 0 Å². The van der Waals surface area contributed by atoms with Crippen LogP contribution in [-0.4, -0.2) is 99.8 Å². The van der Waals surface area contributed by atoms with E-state index in [1.807, 2.05) is 78.9 Å². The quantitative estimate of drug-likeness (QED) is 0.0301. The minimum Gasteiger partial charge on any atom is -0.497 e. The third kappa shape index (κ3) is 22.0. The Morgan fingerprint density at radius 3 is 1.13 bits per heavy atom. The van der Waals surface area contributed by atoms with Crippen LogP contribution in [-0.2, 0) is 42.6 Å². The predicted octanol–water partition coefficient (Wildman–Crippen LogP) is 9.52. The highest BCUT2D eigenvalue weighted by Crippen LogP contribution is 2.29. The Hall–Kier alpha value is -5.36. The maximum atomic E-state index is 7.17. The van der Waals surface area contributed by atoms with E-state index in [-0.39, 0.29) is 42.6 Å². The molecule has 0 saturated heterocycles. The first-order valence-corrected chi connectivity index (χ1v) is 26.6. The van der Waals surface area contributed by atoms with Crippen molar-refractivity contribution in [3.8, 4) is 34.5 Å². The van der Waals surface area contributed by atoms with E-state index >= 15 is 0 Å². The topological polar surface area (TPSA) is 236 Å². The minimum atomic E-state index is 0. The summed E-state index contributed by atoms with van der Waals surface area (Å²) in [5.74, 6) is 7.85. The Bertz CT molecular complexity index is 2460. The lowest BCUT2D eigenvalue weighted by Gasteiger charge is -2.27. The Kier molecular flexibility index (Phi) is 31.4. The molecule has 0 bridgehead atoms. The van der Waals surface area contributed by atoms with Gasteiger partial charge in [-0.25, -0.2) is 9.98 Å². The lowest BCUT2D eigenvalue weighted by molar-refractivity contribution is 0.254. The molecule has 0 spiro atoms. The van der Waals surface area contributed by atoms with Gasteiger partial charge in [0.15, 0.2) is 20.7 Å². The average Bonchev–Trinajstić information content (AvgIpc) is 3.42. The van der Waals surface area contributed by atoms with Gasteiger partial charge in [-0.15, -0.1) is 24.8 Å². The zero-order valence-corrected chi connectivity index (χ0v) is 47.4. The predicted molar refractivity (Wildman–Crippen MR) is 321 cm³/mol. The lowest BCUT2D eigenvalue weighted by atomic mass is 10.1. The fourth-order valence-corrected chi connectivity index (χ4v) is 10.0. The van der Waals surface area contributed by atoms with Crippen LogP contribution in [0.3, 0.4) is 0 Å². The fourth-order valence-electron chi connectivity index (χ4n) is 7.05. The summed E-state index contributed by atoms with van der Waals surface area (Å²) in [6.45, 7) is 4.69. The third-order valence-electron chi connectivity index (χ3n) is 11.0. The molecule has 0 aliphatic carbocycles. The van der Waals surface area contributed by atoms with E-state index in [0.717, 1.165) is 111 Å². The molecule has 7 rings (SSSR count). The first-order valence-electron chi connectivity index (χ1n) is 22.7. The van der Waals surface area contributed by atoms with Crippen LogP contribution < -0.4 is 56.3 Å². The summed E-state index contributed by atoms with van der Waals surface area (Å²) in [7, 11) is 9.93. The molecular formula is C52H73Cl2N11O6S4. The normalized spacial score (nSPS) is 12.7. The molecule has 75 heavy (non-hydrogen) atoms. The number of methoxy groups -OCH3 is 6. The van der Waals surface area contributed by atoms with Crippen molar-refractivity contribution in [1.82, 2.24) is 20.4 Å². The molecule has 10 N–H and O–H groups in total. The van der Waals surface area contributed by atoms with Crippen molar-refractivity contribution in [3.63, 3.8) is 0 Å². The smallest absolute Gasteiger partial charge is 0.159 e. The van der Waals surface area contributed by atoms with Crippen molar-refractivity contribution < 1.29 is 28.4 Å². The van der Waals surface area contributed by atoms with Crippen molar-refractivity contribution in [2.75, 3.05) is 69.3 Å². The van der Waals surface area contributed by atoms with Crippen molar-refractivity contribution in [3.05, 3.63) is 142 Å². The van der Waals surface area contributed by atoms with Gasteiger partial charge in [0.1, 0.15) is 34.5 Å². The number of halogens is 2. The number of benzene rings is 5. The molecule has 0 aromatic heterocycles. The second-order valence-electron chi connectivity index (χ2n) is 15.7. The molecule has 23 heteroatoms. The summed E-state index contributed by atoms with van der Waals surface area (Å²) in [6, 6.07) is 34.0. The molecule has 2 heterocycles. The molecule has 17 nitrogen and oxygen atoms in total. The lowest BCUT2D eigenvalue weighted by Crippen LogP contribution is -2.41. The van der Waals surface area contributed by atoms with E-state index < -0.39 is 0 Å². The number of ether oxygens (including phenoxy) is 6. The number of nitrogens with two attached hydrogens (primary N) is 3. The van der Waals surface area contributed by atoms with Gasteiger partial charge < -0.3 is 56.3 Å². The Morgan fingerprint density at radius 1 is 0.507 bits per heavy atom. The highest BCUT2D eigenvalue weighted by atomic mass is 35.5. The van der Waals surface area contributed by atoms with Crippen LogP contribution in [0.4, 0.5) is 0 Å². The zero-order valence-electron chi connectivity index (χ0n) is 42.5. The maximum Gasteiger partial charge on any atom is 0.159 e. The van der Waals surface area contributed by atoms with E-state index in [4.69, 9.17) is 66.4 Å². The molecule has 2 aliphatic rings. The maximum absolute atomic E-state index is 7.17. The third-order valence-corrected chi connectivity index (χ3v) is 14.5. The highest BCUT2D eigenvalue weighted by molar-refractivity contribution is 8.14. The van der Waals surface area contributed by atoms with Gasteiger partial charge in [-0.05, 0) is 40.5 Å². The second kappa shape index (κ2) is 35.8. The average molecular weight is 1150 g/mol. The van der Waals surface area contributed by atoms with E-state index in [0.29, 0.717) is 31.4 Å². The van der Waals surface area contributed by atoms with Gasteiger partial charge in [-0.1, -0.05) is 121 Å². The molecule has 2 aliphatic heterocycles. The molecule has 0 fully saturated rings. The number of amidine groups is 4. The van der Waals surface area contributed by atoms with Gasteiger partial charge >= 0.3 is 0 Å². The monoisotopic (exact) mass is 1150 g/mol. The number of nitrogens with zero attached hydrogens (tertiary/aromatic N) is 4. The van der Waals surface area contributed by atoms with Crippen molar-refractivity contribution in [2.24, 2.45) is 27.2 Å². The summed E-state index contributed by atoms with van der Waals surface area (Å²) in [5.41, 5.74) is 24.2. The van der Waals surface area contributed by atoms with E-state index in [1.54, 1.807) is 66.2 Å². The van der Waals surface area contributed by atoms with Gasteiger partial charge in [-0.3, -0.25) is 20.6 Å². The van der Waals surface area contributed by atoms with Gasteiger partial charge in [0, 0.05) is 77.5 Å². The summed E-state index contributed by atoms with van der Waals surface area (Å²) in [4.78, 5) is 14.1. The molecule has 0 amide bonds. The SMILES string of the molecule is C.COc1ccc(CN)c(OC)c1.COc1ccc(CN2CN=C(SCc3ccccc3CSC3=NCN(Cc4ccc(OC)cc4OC)CN3)NC2)c(OC)c1.Cl.Cl.N=C(N)SCc1ccccc1CSC(=N)N. The molecule has 5 aromatic carbocycles. The van der Waals surface area contributed by atoms with Gasteiger partial charge in [-0.2, -0.15) is 0 Å². The summed E-state index contributed by atoms with van der Waals surface area (Å²) in [6.07, 6.45) is 0. The second-order valence-corrected chi connectivity index (χ2v) is 19.7. The van der Waals surface area contributed by atoms with Gasteiger partial charge in [0.2, 0.25) is 0 Å². The van der Waals surface area contributed by atoms with Crippen molar-refractivity contribution in [1.29, 1.82) is 10.8 Å². The van der Waals surface area contributed by atoms with Crippen LogP contribution in [0.1, 0.15) is 46.4 Å². The van der Waals surface area contributed by atoms with Crippen molar-refractivity contribution >= 4 is 92.5 Å². The summed E-state index contributed by atoms with van der Waals surface area (Å²) < 4.78 is 31.9. The van der Waals surface area contributed by atoms with Crippen LogP contribution in [0, 0.1) is 10.8 Å². The van der Waals surface area contributed by atoms with E-state index in [2.05, 4.69) is 44.7 Å². The molecule has 0 radical (unpaired) electrons. The van der Waals surface area contributed by atoms with E-state index in [1.165, 1.54) is 34.7 Å². The van der Waals surface area contributed by atoms with Gasteiger partial charge in [0.25, 0.3) is 0 Å². The largest absolute Gasteiger partial charge is 0.497 e. The number of thioether (sulfide) groups is 4. The van der Waals surface area contributed by atoms with Crippen LogP contribution in [0.15, 0.2) is 113 Å². The van der Waals surface area contributed by atoms with Gasteiger partial charge in [0.05, 0.1) is 69.3 Å². The number of hydrogen-bond donors (Lipinski definition) is 7. The Balaban J connectivity index is 0.000000509. The number of rotatable bonds is 19. The molecule has 0 atom stereocenters. The number of hydrogen-bond acceptors (Lipinski definition) is 19. The fraction of sp³-hybridized carbons (Fsp3) is 0.346. The Morgan fingerprint density at radius 2 is 0.840 bits per heavy atom. The minimum absolute atomic E-state index is 0. The zero-order chi connectivity index (χ0) is 51.7. The highest BCUT2D eigenvalue weighted by Gasteiger charge is 2.18. The first kappa shape index (κ1) is 65.8. The Labute approximate surface area is 472 Å². The van der Waals surface area contributed by atoms with Crippen LogP contribution >= 0.6 is 71.9 Å².